The van der Waals surface area contributed by atoms with Crippen molar-refractivity contribution in [2.75, 3.05) is 6.61 Å². The first-order valence-corrected chi connectivity index (χ1v) is 20.9. The van der Waals surface area contributed by atoms with Crippen LogP contribution in [0.4, 0.5) is 0 Å². The van der Waals surface area contributed by atoms with Gasteiger partial charge in [0, 0.05) is 0 Å². The van der Waals surface area contributed by atoms with Gasteiger partial charge < -0.3 is 70.0 Å². The molecule has 0 amide bonds. The van der Waals surface area contributed by atoms with Crippen LogP contribution in [0, 0.1) is 45.3 Å². The topological polar surface area (TPSA) is 239 Å². The van der Waals surface area contributed by atoms with Crippen molar-refractivity contribution in [1.82, 2.24) is 0 Å². The molecule has 2 heterocycles. The van der Waals surface area contributed by atoms with Crippen LogP contribution in [0.2, 0.25) is 0 Å². The van der Waals surface area contributed by atoms with Gasteiger partial charge in [-0.1, -0.05) is 46.8 Å². The molecule has 0 spiro atoms. The highest BCUT2D eigenvalue weighted by Gasteiger charge is 2.72. The van der Waals surface area contributed by atoms with Crippen molar-refractivity contribution in [2.45, 2.75) is 198 Å². The maximum atomic E-state index is 12.4. The van der Waals surface area contributed by atoms with Gasteiger partial charge in [0.05, 0.1) is 42.2 Å². The smallest absolute Gasteiger partial charge is 0.187 e. The number of aliphatic hydroxyl groups is 10. The van der Waals surface area contributed by atoms with E-state index >= 15 is 0 Å². The molecule has 4 aliphatic carbocycles. The first kappa shape index (κ1) is 44.7. The van der Waals surface area contributed by atoms with Gasteiger partial charge in [0.25, 0.3) is 0 Å². The predicted molar refractivity (Wildman–Crippen MR) is 202 cm³/mol. The lowest BCUT2D eigenvalue weighted by Crippen LogP contribution is -2.68. The summed E-state index contributed by atoms with van der Waals surface area (Å²) >= 11 is 0. The average Bonchev–Trinajstić information content (AvgIpc) is 3.49. The van der Waals surface area contributed by atoms with Crippen molar-refractivity contribution in [3.05, 3.63) is 12.2 Å². The monoisotopic (exact) mass is 800 g/mol. The molecule has 324 valence electrons. The molecule has 0 aromatic rings. The van der Waals surface area contributed by atoms with Crippen molar-refractivity contribution in [1.29, 1.82) is 0 Å². The molecule has 4 saturated carbocycles. The third-order valence-electron chi connectivity index (χ3n) is 16.4. The lowest BCUT2D eigenvalue weighted by molar-refractivity contribution is -0.347. The zero-order valence-corrected chi connectivity index (χ0v) is 34.7. The van der Waals surface area contributed by atoms with Gasteiger partial charge in [-0.15, -0.1) is 0 Å². The van der Waals surface area contributed by atoms with Gasteiger partial charge in [-0.2, -0.15) is 0 Å². The zero-order chi connectivity index (χ0) is 41.7. The minimum atomic E-state index is -1.71. The quantitative estimate of drug-likeness (QED) is 0.147. The maximum absolute atomic E-state index is 12.4. The maximum Gasteiger partial charge on any atom is 0.187 e. The largest absolute Gasteiger partial charge is 0.393 e. The Balaban J connectivity index is 1.28. The summed E-state index contributed by atoms with van der Waals surface area (Å²) in [4.78, 5) is 0. The number of rotatable bonds is 9. The van der Waals surface area contributed by atoms with E-state index < -0.39 is 103 Å². The van der Waals surface area contributed by atoms with E-state index in [2.05, 4.69) is 34.6 Å². The Morgan fingerprint density at radius 3 is 1.96 bits per heavy atom. The zero-order valence-electron chi connectivity index (χ0n) is 34.7. The molecule has 56 heavy (non-hydrogen) atoms. The average molecular weight is 801 g/mol. The number of aliphatic hydroxyl groups excluding tert-OH is 9. The Labute approximate surface area is 331 Å². The second-order valence-corrected chi connectivity index (χ2v) is 20.7. The Morgan fingerprint density at radius 2 is 1.32 bits per heavy atom. The fourth-order valence-corrected chi connectivity index (χ4v) is 13.2. The second-order valence-electron chi connectivity index (χ2n) is 20.7. The summed E-state index contributed by atoms with van der Waals surface area (Å²) in [5.74, 6) is -0.289. The molecule has 14 nitrogen and oxygen atoms in total. The Hall–Kier alpha value is -0.820. The molecule has 0 radical (unpaired) electrons. The predicted octanol–water partition coefficient (Wildman–Crippen LogP) is 1.12. The number of hydrogen-bond acceptors (Lipinski definition) is 14. The van der Waals surface area contributed by atoms with Crippen LogP contribution in [-0.4, -0.2) is 149 Å². The highest BCUT2D eigenvalue weighted by Crippen LogP contribution is 2.76. The molecule has 6 rings (SSSR count). The van der Waals surface area contributed by atoms with E-state index in [4.69, 9.17) is 18.9 Å². The van der Waals surface area contributed by atoms with Gasteiger partial charge >= 0.3 is 0 Å². The normalized spacial score (nSPS) is 53.2. The highest BCUT2D eigenvalue weighted by atomic mass is 16.7. The molecule has 0 aromatic carbocycles. The molecule has 0 aromatic heterocycles. The molecular weight excluding hydrogens is 728 g/mol. The SMILES string of the molecule is C[C@@H]1O[C@@H](OC[C@H]2O[C@@H](O[C@@](C)(C/C=C/C(C)(C)O)[C@@H]3CC[C@]4(C)[C@H]3[C@H](O)C[C@@H]3[C@@]5(C)C[C@@H](O)[C@H](O)C(C)(C)[C@H]5CC[C@]34C)[C@H](O)[C@@H](O)[C@@H]2O)[C@H](O)[C@H](O)[C@H]1O. The van der Waals surface area contributed by atoms with Crippen LogP contribution in [0.25, 0.3) is 0 Å². The van der Waals surface area contributed by atoms with Crippen LogP contribution in [0.1, 0.15) is 107 Å². The Kier molecular flexibility index (Phi) is 12.2. The van der Waals surface area contributed by atoms with Gasteiger partial charge in [0.15, 0.2) is 12.6 Å². The van der Waals surface area contributed by atoms with Gasteiger partial charge in [0.1, 0.15) is 42.7 Å². The molecule has 2 aliphatic heterocycles. The minimum Gasteiger partial charge on any atom is -0.393 e. The lowest BCUT2D eigenvalue weighted by Gasteiger charge is -2.71. The van der Waals surface area contributed by atoms with Gasteiger partial charge in [-0.05, 0) is 118 Å². The number of hydrogen-bond donors (Lipinski definition) is 10. The minimum absolute atomic E-state index is 0.0763. The van der Waals surface area contributed by atoms with Crippen molar-refractivity contribution in [2.24, 2.45) is 45.3 Å². The summed E-state index contributed by atoms with van der Waals surface area (Å²) in [6.45, 7) is 17.3. The van der Waals surface area contributed by atoms with E-state index in [1.807, 2.05) is 13.0 Å². The standard InChI is InChI=1S/C42H72O14/c1-20-28(45)30(47)32(49)35(54-20)53-19-24-29(46)31(48)33(50)36(55-24)56-42(9,14-10-13-37(2,3)52)21-11-15-41(8)27(21)22(43)17-26-39(6)18-23(44)34(51)38(4,5)25(39)12-16-40(26,41)7/h10,13,20-36,43-52H,11-12,14-19H2,1-9H3/b13-10+/t20-,21+,22+,23+,24+,25+,26+,27+,28-,29+,30+,31-,32+,33+,34-,35+,36-,39-,40+,41+,42-/m0/s1. The van der Waals surface area contributed by atoms with Crippen LogP contribution in [0.15, 0.2) is 12.2 Å². The molecule has 6 fully saturated rings. The molecule has 6 aliphatic rings. The first-order valence-electron chi connectivity index (χ1n) is 20.9. The van der Waals surface area contributed by atoms with E-state index in [1.165, 1.54) is 6.92 Å². The second kappa shape index (κ2) is 15.3. The summed E-state index contributed by atoms with van der Waals surface area (Å²) in [5, 5.41) is 110. The van der Waals surface area contributed by atoms with E-state index in [0.29, 0.717) is 19.3 Å². The number of ether oxygens (including phenoxy) is 4. The van der Waals surface area contributed by atoms with E-state index in [-0.39, 0.29) is 46.3 Å². The summed E-state index contributed by atoms with van der Waals surface area (Å²) < 4.78 is 24.2. The van der Waals surface area contributed by atoms with Crippen molar-refractivity contribution < 1.29 is 70.0 Å². The van der Waals surface area contributed by atoms with Crippen LogP contribution in [0.3, 0.4) is 0 Å². The Morgan fingerprint density at radius 1 is 0.714 bits per heavy atom. The van der Waals surface area contributed by atoms with Crippen molar-refractivity contribution >= 4 is 0 Å². The Bertz CT molecular complexity index is 1420. The third kappa shape index (κ3) is 7.26. The molecule has 0 unspecified atom stereocenters. The number of fused-ring (bicyclic) bond motifs is 5. The van der Waals surface area contributed by atoms with Crippen LogP contribution in [0.5, 0.6) is 0 Å². The van der Waals surface area contributed by atoms with Crippen LogP contribution in [-0.2, 0) is 18.9 Å². The molecule has 2 saturated heterocycles. The molecular formula is C42H72O14. The molecule has 10 N–H and O–H groups in total. The fourth-order valence-electron chi connectivity index (χ4n) is 13.2. The molecule has 0 bridgehead atoms. The third-order valence-corrected chi connectivity index (χ3v) is 16.4. The van der Waals surface area contributed by atoms with Crippen LogP contribution < -0.4 is 0 Å². The van der Waals surface area contributed by atoms with Crippen molar-refractivity contribution in [3.8, 4) is 0 Å². The van der Waals surface area contributed by atoms with Gasteiger partial charge in [0.2, 0.25) is 0 Å². The fraction of sp³-hybridized carbons (Fsp3) is 0.952. The lowest BCUT2D eigenvalue weighted by atomic mass is 9.35. The van der Waals surface area contributed by atoms with Gasteiger partial charge in [-0.3, -0.25) is 0 Å². The molecule has 14 heteroatoms. The molecule has 21 atom stereocenters. The summed E-state index contributed by atoms with van der Waals surface area (Å²) in [6.07, 6.45) is -8.92. The van der Waals surface area contributed by atoms with Gasteiger partial charge in [-0.25, -0.2) is 0 Å². The van der Waals surface area contributed by atoms with E-state index in [0.717, 1.165) is 19.3 Å². The van der Waals surface area contributed by atoms with Crippen LogP contribution >= 0.6 is 0 Å². The summed E-state index contributed by atoms with van der Waals surface area (Å²) in [6, 6.07) is 0. The highest BCUT2D eigenvalue weighted by molar-refractivity contribution is 5.21. The summed E-state index contributed by atoms with van der Waals surface area (Å²) in [7, 11) is 0. The van der Waals surface area contributed by atoms with E-state index in [1.54, 1.807) is 19.9 Å². The first-order chi connectivity index (χ1) is 25.7. The summed E-state index contributed by atoms with van der Waals surface area (Å²) in [5.41, 5.74) is -3.67. The van der Waals surface area contributed by atoms with E-state index in [9.17, 15) is 51.1 Å². The van der Waals surface area contributed by atoms with Crippen molar-refractivity contribution in [3.63, 3.8) is 0 Å².